The van der Waals surface area contributed by atoms with Gasteiger partial charge in [-0.05, 0) is 42.0 Å². The largest absolute Gasteiger partial charge is 0.493 e. The van der Waals surface area contributed by atoms with Crippen LogP contribution in [-0.4, -0.2) is 38.1 Å². The van der Waals surface area contributed by atoms with Gasteiger partial charge in [0, 0.05) is 30.3 Å². The molecule has 1 fully saturated rings. The summed E-state index contributed by atoms with van der Waals surface area (Å²) in [4.78, 5) is 25.4. The van der Waals surface area contributed by atoms with Crippen LogP contribution < -0.4 is 20.3 Å². The third kappa shape index (κ3) is 5.89. The van der Waals surface area contributed by atoms with Crippen molar-refractivity contribution in [1.29, 1.82) is 0 Å². The Bertz CT molecular complexity index is 778. The van der Waals surface area contributed by atoms with Crippen molar-refractivity contribution in [1.82, 2.24) is 10.6 Å². The fourth-order valence-corrected chi connectivity index (χ4v) is 2.89. The first-order chi connectivity index (χ1) is 13.1. The molecule has 0 unspecified atom stereocenters. The van der Waals surface area contributed by atoms with Crippen molar-refractivity contribution in [3.05, 3.63) is 59.1 Å². The van der Waals surface area contributed by atoms with Gasteiger partial charge in [-0.25, -0.2) is 0 Å². The molecule has 3 rings (SSSR count). The maximum Gasteiger partial charge on any atom is 0.239 e. The Balaban J connectivity index is 1.39. The van der Waals surface area contributed by atoms with E-state index in [9.17, 15) is 9.59 Å². The van der Waals surface area contributed by atoms with Crippen molar-refractivity contribution in [2.45, 2.75) is 13.0 Å². The predicted octanol–water partition coefficient (Wildman–Crippen LogP) is 2.36. The van der Waals surface area contributed by atoms with Gasteiger partial charge in [0.15, 0.2) is 0 Å². The summed E-state index contributed by atoms with van der Waals surface area (Å²) >= 11 is 5.82. The minimum atomic E-state index is -0.0688. The zero-order valence-corrected chi connectivity index (χ0v) is 15.7. The quantitative estimate of drug-likeness (QED) is 0.765. The number of halogens is 1. The van der Waals surface area contributed by atoms with Crippen LogP contribution in [0.2, 0.25) is 5.02 Å². The highest BCUT2D eigenvalue weighted by Gasteiger charge is 2.16. The van der Waals surface area contributed by atoms with Gasteiger partial charge in [0.05, 0.1) is 19.6 Å². The molecule has 1 aliphatic heterocycles. The lowest BCUT2D eigenvalue weighted by molar-refractivity contribution is -0.122. The number of carbonyl (C=O) groups excluding carboxylic acids is 2. The van der Waals surface area contributed by atoms with Gasteiger partial charge in [-0.3, -0.25) is 9.59 Å². The van der Waals surface area contributed by atoms with Crippen LogP contribution in [0, 0.1) is 0 Å². The molecule has 0 bridgehead atoms. The van der Waals surface area contributed by atoms with Gasteiger partial charge in [-0.15, -0.1) is 0 Å². The SMILES string of the molecule is O=C(CCOc1ccc(Cl)cc1)NCc1ccc(N2CCNC(=O)C2)cc1. The lowest BCUT2D eigenvalue weighted by Gasteiger charge is -2.28. The first-order valence-corrected chi connectivity index (χ1v) is 9.23. The molecule has 142 valence electrons. The molecule has 0 spiro atoms. The van der Waals surface area contributed by atoms with Gasteiger partial charge in [-0.2, -0.15) is 0 Å². The van der Waals surface area contributed by atoms with E-state index < -0.39 is 0 Å². The molecule has 2 aromatic rings. The number of nitrogens with zero attached hydrogens (tertiary/aromatic N) is 1. The molecule has 0 aliphatic carbocycles. The fraction of sp³-hybridized carbons (Fsp3) is 0.300. The Kier molecular flexibility index (Phi) is 6.54. The molecular weight excluding hydrogens is 366 g/mol. The lowest BCUT2D eigenvalue weighted by atomic mass is 10.2. The van der Waals surface area contributed by atoms with Crippen LogP contribution in [0.25, 0.3) is 0 Å². The zero-order chi connectivity index (χ0) is 19.1. The molecule has 0 aromatic heterocycles. The van der Waals surface area contributed by atoms with Gasteiger partial charge in [0.25, 0.3) is 0 Å². The molecule has 0 saturated carbocycles. The molecule has 1 aliphatic rings. The maximum absolute atomic E-state index is 11.9. The fourth-order valence-electron chi connectivity index (χ4n) is 2.77. The van der Waals surface area contributed by atoms with E-state index in [0.29, 0.717) is 37.0 Å². The van der Waals surface area contributed by atoms with Crippen molar-refractivity contribution >= 4 is 29.1 Å². The second-order valence-corrected chi connectivity index (χ2v) is 6.70. The lowest BCUT2D eigenvalue weighted by Crippen LogP contribution is -2.47. The van der Waals surface area contributed by atoms with Gasteiger partial charge < -0.3 is 20.3 Å². The first-order valence-electron chi connectivity index (χ1n) is 8.86. The van der Waals surface area contributed by atoms with E-state index in [0.717, 1.165) is 17.8 Å². The van der Waals surface area contributed by atoms with E-state index in [2.05, 4.69) is 10.6 Å². The van der Waals surface area contributed by atoms with Crippen LogP contribution in [-0.2, 0) is 16.1 Å². The summed E-state index contributed by atoms with van der Waals surface area (Å²) < 4.78 is 5.52. The van der Waals surface area contributed by atoms with Crippen LogP contribution >= 0.6 is 11.6 Å². The van der Waals surface area contributed by atoms with E-state index in [4.69, 9.17) is 16.3 Å². The Labute approximate surface area is 163 Å². The van der Waals surface area contributed by atoms with Gasteiger partial charge in [-0.1, -0.05) is 23.7 Å². The molecule has 1 saturated heterocycles. The third-order valence-electron chi connectivity index (χ3n) is 4.24. The number of rotatable bonds is 7. The highest BCUT2D eigenvalue weighted by Crippen LogP contribution is 2.17. The van der Waals surface area contributed by atoms with Crippen molar-refractivity contribution in [3.63, 3.8) is 0 Å². The smallest absolute Gasteiger partial charge is 0.239 e. The molecular formula is C20H22ClN3O3. The number of ether oxygens (including phenoxy) is 1. The maximum atomic E-state index is 11.9. The number of hydrogen-bond donors (Lipinski definition) is 2. The molecule has 2 amide bonds. The molecule has 2 aromatic carbocycles. The van der Waals surface area contributed by atoms with Gasteiger partial charge >= 0.3 is 0 Å². The molecule has 7 heteroatoms. The summed E-state index contributed by atoms with van der Waals surface area (Å²) in [5.41, 5.74) is 2.02. The second kappa shape index (κ2) is 9.28. The number of nitrogens with one attached hydrogen (secondary N) is 2. The number of carbonyl (C=O) groups is 2. The number of hydrogen-bond acceptors (Lipinski definition) is 4. The average molecular weight is 388 g/mol. The molecule has 0 atom stereocenters. The second-order valence-electron chi connectivity index (χ2n) is 6.27. The summed E-state index contributed by atoms with van der Waals surface area (Å²) in [7, 11) is 0. The monoisotopic (exact) mass is 387 g/mol. The van der Waals surface area contributed by atoms with Crippen molar-refractivity contribution < 1.29 is 14.3 Å². The Hall–Kier alpha value is -2.73. The van der Waals surface area contributed by atoms with E-state index in [-0.39, 0.29) is 18.2 Å². The normalized spacial score (nSPS) is 13.8. The summed E-state index contributed by atoms with van der Waals surface area (Å²) in [6.45, 7) is 2.61. The topological polar surface area (TPSA) is 70.7 Å². The van der Waals surface area contributed by atoms with Crippen LogP contribution in [0.1, 0.15) is 12.0 Å². The van der Waals surface area contributed by atoms with Crippen LogP contribution in [0.4, 0.5) is 5.69 Å². The molecule has 6 nitrogen and oxygen atoms in total. The predicted molar refractivity (Wildman–Crippen MR) is 105 cm³/mol. The van der Waals surface area contributed by atoms with Crippen molar-refractivity contribution in [3.8, 4) is 5.75 Å². The minimum absolute atomic E-state index is 0.0402. The van der Waals surface area contributed by atoms with Crippen LogP contribution in [0.3, 0.4) is 0 Å². The first kappa shape index (κ1) is 19.0. The van der Waals surface area contributed by atoms with Gasteiger partial charge in [0.2, 0.25) is 11.8 Å². The summed E-state index contributed by atoms with van der Waals surface area (Å²) in [5, 5.41) is 6.34. The van der Waals surface area contributed by atoms with E-state index >= 15 is 0 Å². The molecule has 0 radical (unpaired) electrons. The Morgan fingerprint density at radius 2 is 1.89 bits per heavy atom. The van der Waals surface area contributed by atoms with Crippen LogP contribution in [0.5, 0.6) is 5.75 Å². The number of piperazine rings is 1. The highest BCUT2D eigenvalue weighted by atomic mass is 35.5. The number of anilines is 1. The average Bonchev–Trinajstić information content (AvgIpc) is 2.68. The Morgan fingerprint density at radius 3 is 2.59 bits per heavy atom. The van der Waals surface area contributed by atoms with Gasteiger partial charge in [0.1, 0.15) is 5.75 Å². The summed E-state index contributed by atoms with van der Waals surface area (Å²) in [6, 6.07) is 14.9. The highest BCUT2D eigenvalue weighted by molar-refractivity contribution is 6.30. The van der Waals surface area contributed by atoms with Crippen molar-refractivity contribution in [2.24, 2.45) is 0 Å². The van der Waals surface area contributed by atoms with Crippen LogP contribution in [0.15, 0.2) is 48.5 Å². The third-order valence-corrected chi connectivity index (χ3v) is 4.49. The molecule has 27 heavy (non-hydrogen) atoms. The number of amides is 2. The van der Waals surface area contributed by atoms with E-state index in [1.807, 2.05) is 29.2 Å². The summed E-state index contributed by atoms with van der Waals surface area (Å²) in [5.74, 6) is 0.660. The van der Waals surface area contributed by atoms with Crippen molar-refractivity contribution in [2.75, 3.05) is 31.1 Å². The molecule has 1 heterocycles. The standard InChI is InChI=1S/C20H22ClN3O3/c21-16-3-7-18(8-4-16)27-12-9-19(25)23-13-15-1-5-17(6-2-15)24-11-10-22-20(26)14-24/h1-8H,9-14H2,(H,22,26)(H,23,25). The Morgan fingerprint density at radius 1 is 1.15 bits per heavy atom. The van der Waals surface area contributed by atoms with E-state index in [1.165, 1.54) is 0 Å². The van der Waals surface area contributed by atoms with E-state index in [1.54, 1.807) is 24.3 Å². The number of benzene rings is 2. The molecule has 2 N–H and O–H groups in total. The minimum Gasteiger partial charge on any atom is -0.493 e. The summed E-state index contributed by atoms with van der Waals surface area (Å²) in [6.07, 6.45) is 0.281. The zero-order valence-electron chi connectivity index (χ0n) is 14.9.